The van der Waals surface area contributed by atoms with Crippen LogP contribution in [-0.2, 0) is 9.59 Å². The summed E-state index contributed by atoms with van der Waals surface area (Å²) < 4.78 is 5.85. The Morgan fingerprint density at radius 1 is 1.29 bits per heavy atom. The molecule has 1 N–H and O–H groups in total. The molecule has 4 amide bonds. The van der Waals surface area contributed by atoms with Crippen molar-refractivity contribution in [2.24, 2.45) is 0 Å². The maximum atomic E-state index is 12.4. The van der Waals surface area contributed by atoms with Gasteiger partial charge in [0, 0.05) is 13.0 Å². The number of likely N-dealkylation sites (tertiary alicyclic amines) is 1. The molecule has 128 valence electrons. The SMILES string of the molecule is CC1(C)NC(=O)N(CC(=O)N2CCC(Oc3ccccc3)C2)C1=O. The fraction of sp³-hybridized carbons (Fsp3) is 0.471. The van der Waals surface area contributed by atoms with Crippen molar-refractivity contribution in [3.63, 3.8) is 0 Å². The van der Waals surface area contributed by atoms with Crippen molar-refractivity contribution in [2.75, 3.05) is 19.6 Å². The zero-order valence-corrected chi connectivity index (χ0v) is 13.8. The van der Waals surface area contributed by atoms with Crippen LogP contribution in [0.3, 0.4) is 0 Å². The van der Waals surface area contributed by atoms with E-state index in [0.717, 1.165) is 17.1 Å². The summed E-state index contributed by atoms with van der Waals surface area (Å²) in [7, 11) is 0. The van der Waals surface area contributed by atoms with Crippen molar-refractivity contribution in [1.82, 2.24) is 15.1 Å². The van der Waals surface area contributed by atoms with Gasteiger partial charge in [0.25, 0.3) is 5.91 Å². The van der Waals surface area contributed by atoms with E-state index in [-0.39, 0.29) is 24.5 Å². The number of ether oxygens (including phenoxy) is 1. The fourth-order valence-electron chi connectivity index (χ4n) is 2.94. The van der Waals surface area contributed by atoms with Gasteiger partial charge in [-0.25, -0.2) is 4.79 Å². The molecule has 0 radical (unpaired) electrons. The fourth-order valence-corrected chi connectivity index (χ4v) is 2.94. The van der Waals surface area contributed by atoms with Gasteiger partial charge < -0.3 is 15.0 Å². The summed E-state index contributed by atoms with van der Waals surface area (Å²) in [6.07, 6.45) is 0.655. The van der Waals surface area contributed by atoms with Crippen LogP contribution in [0, 0.1) is 0 Å². The Hall–Kier alpha value is -2.57. The third-order valence-electron chi connectivity index (χ3n) is 4.28. The number of carbonyl (C=O) groups is 3. The number of nitrogens with zero attached hydrogens (tertiary/aromatic N) is 2. The van der Waals surface area contributed by atoms with E-state index in [1.807, 2.05) is 30.3 Å². The van der Waals surface area contributed by atoms with Crippen molar-refractivity contribution in [2.45, 2.75) is 31.9 Å². The Balaban J connectivity index is 1.55. The molecule has 2 saturated heterocycles. The van der Waals surface area contributed by atoms with Crippen molar-refractivity contribution in [1.29, 1.82) is 0 Å². The Kier molecular flexibility index (Phi) is 4.17. The van der Waals surface area contributed by atoms with E-state index in [2.05, 4.69) is 5.32 Å². The predicted octanol–water partition coefficient (Wildman–Crippen LogP) is 0.997. The smallest absolute Gasteiger partial charge is 0.325 e. The highest BCUT2D eigenvalue weighted by molar-refractivity contribution is 6.08. The van der Waals surface area contributed by atoms with Gasteiger partial charge in [-0.3, -0.25) is 14.5 Å². The highest BCUT2D eigenvalue weighted by atomic mass is 16.5. The molecule has 2 heterocycles. The minimum Gasteiger partial charge on any atom is -0.489 e. The summed E-state index contributed by atoms with van der Waals surface area (Å²) in [5.41, 5.74) is -0.957. The van der Waals surface area contributed by atoms with Crippen molar-refractivity contribution < 1.29 is 19.1 Å². The van der Waals surface area contributed by atoms with Gasteiger partial charge in [0.2, 0.25) is 5.91 Å². The molecule has 0 spiro atoms. The molecule has 1 aromatic rings. The highest BCUT2D eigenvalue weighted by Gasteiger charge is 2.45. The van der Waals surface area contributed by atoms with Crippen molar-refractivity contribution in [3.05, 3.63) is 30.3 Å². The Labute approximate surface area is 140 Å². The zero-order chi connectivity index (χ0) is 17.3. The second-order valence-electron chi connectivity index (χ2n) is 6.63. The van der Waals surface area contributed by atoms with Gasteiger partial charge in [-0.2, -0.15) is 0 Å². The molecule has 2 fully saturated rings. The van der Waals surface area contributed by atoms with E-state index >= 15 is 0 Å². The molecule has 7 nitrogen and oxygen atoms in total. The first-order valence-electron chi connectivity index (χ1n) is 8.00. The van der Waals surface area contributed by atoms with Gasteiger partial charge in [-0.15, -0.1) is 0 Å². The van der Waals surface area contributed by atoms with Crippen LogP contribution in [0.2, 0.25) is 0 Å². The number of hydrogen-bond acceptors (Lipinski definition) is 4. The lowest BCUT2D eigenvalue weighted by molar-refractivity contribution is -0.138. The number of rotatable bonds is 4. The van der Waals surface area contributed by atoms with E-state index in [0.29, 0.717) is 13.1 Å². The Morgan fingerprint density at radius 3 is 2.62 bits per heavy atom. The Bertz CT molecular complexity index is 659. The van der Waals surface area contributed by atoms with E-state index in [1.165, 1.54) is 0 Å². The monoisotopic (exact) mass is 331 g/mol. The molecular weight excluding hydrogens is 310 g/mol. The first kappa shape index (κ1) is 16.3. The molecule has 1 aromatic carbocycles. The summed E-state index contributed by atoms with van der Waals surface area (Å²) in [5, 5.41) is 2.57. The van der Waals surface area contributed by atoms with E-state index in [1.54, 1.807) is 18.7 Å². The summed E-state index contributed by atoms with van der Waals surface area (Å²) >= 11 is 0. The van der Waals surface area contributed by atoms with Crippen LogP contribution in [0.5, 0.6) is 5.75 Å². The van der Waals surface area contributed by atoms with E-state index in [4.69, 9.17) is 4.74 Å². The zero-order valence-electron chi connectivity index (χ0n) is 13.8. The van der Waals surface area contributed by atoms with Gasteiger partial charge in [-0.05, 0) is 26.0 Å². The first-order chi connectivity index (χ1) is 11.4. The summed E-state index contributed by atoms with van der Waals surface area (Å²) in [4.78, 5) is 39.0. The third kappa shape index (κ3) is 3.20. The number of benzene rings is 1. The quantitative estimate of drug-likeness (QED) is 0.835. The lowest BCUT2D eigenvalue weighted by Crippen LogP contribution is -2.44. The molecule has 0 aliphatic carbocycles. The van der Waals surface area contributed by atoms with Gasteiger partial charge >= 0.3 is 6.03 Å². The lowest BCUT2D eigenvalue weighted by Gasteiger charge is -2.20. The number of imide groups is 1. The molecule has 2 aliphatic rings. The van der Waals surface area contributed by atoms with Crippen molar-refractivity contribution in [3.8, 4) is 5.75 Å². The topological polar surface area (TPSA) is 79.0 Å². The molecule has 3 rings (SSSR count). The molecule has 2 aliphatic heterocycles. The second kappa shape index (κ2) is 6.14. The van der Waals surface area contributed by atoms with Crippen LogP contribution in [0.15, 0.2) is 30.3 Å². The summed E-state index contributed by atoms with van der Waals surface area (Å²) in [5.74, 6) is 0.153. The van der Waals surface area contributed by atoms with Gasteiger partial charge in [-0.1, -0.05) is 18.2 Å². The van der Waals surface area contributed by atoms with Crippen molar-refractivity contribution >= 4 is 17.8 Å². The molecule has 24 heavy (non-hydrogen) atoms. The number of para-hydroxylation sites is 1. The number of amides is 4. The Morgan fingerprint density at radius 2 is 2.00 bits per heavy atom. The van der Waals surface area contributed by atoms with E-state index in [9.17, 15) is 14.4 Å². The van der Waals surface area contributed by atoms with E-state index < -0.39 is 11.6 Å². The first-order valence-corrected chi connectivity index (χ1v) is 8.00. The predicted molar refractivity (Wildman–Crippen MR) is 86.4 cm³/mol. The standard InChI is InChI=1S/C17H21N3O4/c1-17(2)15(22)20(16(23)18-17)11-14(21)19-9-8-13(10-19)24-12-6-4-3-5-7-12/h3-7,13H,8-11H2,1-2H3,(H,18,23). The molecule has 1 unspecified atom stereocenters. The normalized spacial score (nSPS) is 22.7. The molecule has 7 heteroatoms. The van der Waals surface area contributed by atoms with Crippen LogP contribution in [0.25, 0.3) is 0 Å². The van der Waals surface area contributed by atoms with Gasteiger partial charge in [0.05, 0.1) is 6.54 Å². The largest absolute Gasteiger partial charge is 0.489 e. The van der Waals surface area contributed by atoms with Crippen LogP contribution < -0.4 is 10.1 Å². The average molecular weight is 331 g/mol. The number of carbonyl (C=O) groups excluding carboxylic acids is 3. The highest BCUT2D eigenvalue weighted by Crippen LogP contribution is 2.20. The lowest BCUT2D eigenvalue weighted by atomic mass is 10.1. The van der Waals surface area contributed by atoms with Crippen LogP contribution in [0.4, 0.5) is 4.79 Å². The molecule has 0 saturated carbocycles. The van der Waals surface area contributed by atoms with Crippen LogP contribution in [0.1, 0.15) is 20.3 Å². The summed E-state index contributed by atoms with van der Waals surface area (Å²) in [6.45, 7) is 4.03. The van der Waals surface area contributed by atoms with Gasteiger partial charge in [0.15, 0.2) is 0 Å². The minimum absolute atomic E-state index is 0.0732. The van der Waals surface area contributed by atoms with Gasteiger partial charge in [0.1, 0.15) is 23.9 Å². The average Bonchev–Trinajstić information content (AvgIpc) is 3.07. The molecular formula is C17H21N3O4. The molecule has 0 aromatic heterocycles. The third-order valence-corrected chi connectivity index (χ3v) is 4.28. The second-order valence-corrected chi connectivity index (χ2v) is 6.63. The minimum atomic E-state index is -0.957. The molecule has 0 bridgehead atoms. The summed E-state index contributed by atoms with van der Waals surface area (Å²) in [6, 6.07) is 8.94. The number of nitrogens with one attached hydrogen (secondary N) is 1. The maximum Gasteiger partial charge on any atom is 0.325 e. The maximum absolute atomic E-state index is 12.4. The van der Waals surface area contributed by atoms with Crippen LogP contribution >= 0.6 is 0 Å². The molecule has 1 atom stereocenters. The number of hydrogen-bond donors (Lipinski definition) is 1. The number of urea groups is 1. The van der Waals surface area contributed by atoms with Crippen LogP contribution in [-0.4, -0.2) is 58.9 Å².